The second kappa shape index (κ2) is 9.66. The fourth-order valence-corrected chi connectivity index (χ4v) is 7.55. The number of para-hydroxylation sites is 1. The van der Waals surface area contributed by atoms with Crippen LogP contribution in [-0.2, 0) is 5.41 Å². The average Bonchev–Trinajstić information content (AvgIpc) is 3.68. The number of rotatable bonds is 4. The van der Waals surface area contributed by atoms with Gasteiger partial charge in [0.15, 0.2) is 0 Å². The highest BCUT2D eigenvalue weighted by molar-refractivity contribution is 6.15. The molecule has 0 N–H and O–H groups in total. The van der Waals surface area contributed by atoms with Gasteiger partial charge in [-0.15, -0.1) is 0 Å². The fraction of sp³-hybridized carbons (Fsp3) is 0.0930. The Labute approximate surface area is 266 Å². The smallest absolute Gasteiger partial charge is 0.136 e. The summed E-state index contributed by atoms with van der Waals surface area (Å²) in [7, 11) is 0. The number of nitrogens with zero attached hydrogens (tertiary/aromatic N) is 1. The summed E-state index contributed by atoms with van der Waals surface area (Å²) in [6, 6.07) is 36.1. The maximum atomic E-state index is 6.35. The Morgan fingerprint density at radius 2 is 1.35 bits per heavy atom. The largest absolute Gasteiger partial charge is 0.456 e. The number of aromatic nitrogens is 1. The van der Waals surface area contributed by atoms with Gasteiger partial charge in [0.1, 0.15) is 22.3 Å². The van der Waals surface area contributed by atoms with Crippen LogP contribution < -0.4 is 0 Å². The van der Waals surface area contributed by atoms with Gasteiger partial charge in [-0.05, 0) is 93.1 Å². The number of furan rings is 2. The van der Waals surface area contributed by atoms with E-state index in [0.29, 0.717) is 0 Å². The maximum Gasteiger partial charge on any atom is 0.136 e. The Morgan fingerprint density at radius 1 is 0.674 bits per heavy atom. The zero-order valence-electron chi connectivity index (χ0n) is 26.0. The summed E-state index contributed by atoms with van der Waals surface area (Å²) in [5, 5.41) is 6.67. The molecule has 0 aliphatic heterocycles. The SMILES string of the molecule is C=C(/C=C\C1=C(C)c2ncccc2C1(C)C)c1ccc(-c2ccc3oc4cc5c(cc4c3c2)oc2ccccc25)c2ccccc12. The molecular weight excluding hydrogens is 562 g/mol. The number of hydrogen-bond donors (Lipinski definition) is 0. The van der Waals surface area contributed by atoms with Gasteiger partial charge in [-0.3, -0.25) is 4.98 Å². The minimum atomic E-state index is -0.109. The van der Waals surface area contributed by atoms with Crippen LogP contribution in [0.4, 0.5) is 0 Å². The summed E-state index contributed by atoms with van der Waals surface area (Å²) < 4.78 is 12.6. The molecule has 3 heterocycles. The number of benzene rings is 5. The van der Waals surface area contributed by atoms with Crippen LogP contribution >= 0.6 is 0 Å². The standard InChI is InChI=1S/C43H31NO2/c1-25(15-19-36-26(2)42-37(43(36,3)4)13-9-21-44-42)28-17-18-29(31-11-6-5-10-30(28)31)27-16-20-39-33(22-27)35-24-40-34(23-41(35)46-39)32-12-7-8-14-38(32)45-40/h5-24H,1H2,2-4H3/b19-15-. The molecule has 1 aliphatic carbocycles. The second-order valence-electron chi connectivity index (χ2n) is 12.9. The van der Waals surface area contributed by atoms with E-state index in [1.807, 2.05) is 30.5 Å². The average molecular weight is 594 g/mol. The Kier molecular flexibility index (Phi) is 5.61. The predicted molar refractivity (Wildman–Crippen MR) is 192 cm³/mol. The van der Waals surface area contributed by atoms with Gasteiger partial charge in [-0.25, -0.2) is 0 Å². The van der Waals surface area contributed by atoms with E-state index in [2.05, 4.69) is 123 Å². The third-order valence-corrected chi connectivity index (χ3v) is 9.91. The lowest BCUT2D eigenvalue weighted by molar-refractivity contribution is 0.652. The molecule has 1 aliphatic rings. The molecule has 0 radical (unpaired) electrons. The second-order valence-corrected chi connectivity index (χ2v) is 12.9. The van der Waals surface area contributed by atoms with Crippen LogP contribution in [0, 0.1) is 0 Å². The molecular formula is C43H31NO2. The van der Waals surface area contributed by atoms with Crippen LogP contribution in [0.3, 0.4) is 0 Å². The molecule has 220 valence electrons. The van der Waals surface area contributed by atoms with Crippen molar-refractivity contribution in [3.05, 3.63) is 150 Å². The quantitative estimate of drug-likeness (QED) is 0.191. The molecule has 0 spiro atoms. The van der Waals surface area contributed by atoms with Crippen molar-refractivity contribution in [2.45, 2.75) is 26.2 Å². The van der Waals surface area contributed by atoms with Gasteiger partial charge in [0, 0.05) is 33.2 Å². The molecule has 5 aromatic carbocycles. The Balaban J connectivity index is 1.12. The van der Waals surface area contributed by atoms with Crippen LogP contribution in [-0.4, -0.2) is 4.98 Å². The van der Waals surface area contributed by atoms with Gasteiger partial charge in [0.05, 0.1) is 5.69 Å². The van der Waals surface area contributed by atoms with E-state index in [4.69, 9.17) is 8.83 Å². The van der Waals surface area contributed by atoms with Crippen molar-refractivity contribution in [3.63, 3.8) is 0 Å². The molecule has 3 nitrogen and oxygen atoms in total. The van der Waals surface area contributed by atoms with Crippen molar-refractivity contribution >= 4 is 65.8 Å². The molecule has 0 fully saturated rings. The third kappa shape index (κ3) is 3.81. The van der Waals surface area contributed by atoms with E-state index in [9.17, 15) is 0 Å². The number of hydrogen-bond acceptors (Lipinski definition) is 3. The highest BCUT2D eigenvalue weighted by Crippen LogP contribution is 2.46. The molecule has 0 saturated heterocycles. The Hall–Kier alpha value is -5.67. The van der Waals surface area contributed by atoms with Crippen molar-refractivity contribution in [2.24, 2.45) is 0 Å². The monoisotopic (exact) mass is 593 g/mol. The van der Waals surface area contributed by atoms with Gasteiger partial charge >= 0.3 is 0 Å². The minimum Gasteiger partial charge on any atom is -0.456 e. The zero-order chi connectivity index (χ0) is 31.2. The molecule has 0 saturated carbocycles. The lowest BCUT2D eigenvalue weighted by Crippen LogP contribution is -2.16. The van der Waals surface area contributed by atoms with Crippen LogP contribution in [0.15, 0.2) is 142 Å². The highest BCUT2D eigenvalue weighted by Gasteiger charge is 2.35. The zero-order valence-corrected chi connectivity index (χ0v) is 26.0. The van der Waals surface area contributed by atoms with E-state index in [1.54, 1.807) is 0 Å². The molecule has 0 atom stereocenters. The molecule has 0 bridgehead atoms. The van der Waals surface area contributed by atoms with E-state index < -0.39 is 0 Å². The molecule has 46 heavy (non-hydrogen) atoms. The molecule has 8 aromatic rings. The molecule has 0 unspecified atom stereocenters. The van der Waals surface area contributed by atoms with Crippen molar-refractivity contribution in [1.82, 2.24) is 4.98 Å². The van der Waals surface area contributed by atoms with Gasteiger partial charge in [0.25, 0.3) is 0 Å². The number of pyridine rings is 1. The maximum absolute atomic E-state index is 6.35. The van der Waals surface area contributed by atoms with Crippen molar-refractivity contribution in [2.75, 3.05) is 0 Å². The van der Waals surface area contributed by atoms with E-state index in [0.717, 1.165) is 66.3 Å². The predicted octanol–water partition coefficient (Wildman–Crippen LogP) is 12.0. The lowest BCUT2D eigenvalue weighted by Gasteiger charge is -2.22. The molecule has 9 rings (SSSR count). The summed E-state index contributed by atoms with van der Waals surface area (Å²) in [6.45, 7) is 11.2. The minimum absolute atomic E-state index is 0.109. The Bertz CT molecular complexity index is 2640. The van der Waals surface area contributed by atoms with E-state index in [-0.39, 0.29) is 5.41 Å². The summed E-state index contributed by atoms with van der Waals surface area (Å²) in [4.78, 5) is 4.68. The normalized spacial score (nSPS) is 14.5. The first-order chi connectivity index (χ1) is 22.4. The van der Waals surface area contributed by atoms with Crippen LogP contribution in [0.1, 0.15) is 37.6 Å². The van der Waals surface area contributed by atoms with Crippen molar-refractivity contribution < 1.29 is 8.83 Å². The molecule has 3 aromatic heterocycles. The van der Waals surface area contributed by atoms with E-state index in [1.165, 1.54) is 33.0 Å². The number of fused-ring (bicyclic) bond motifs is 8. The Morgan fingerprint density at radius 3 is 2.13 bits per heavy atom. The summed E-state index contributed by atoms with van der Waals surface area (Å²) >= 11 is 0. The van der Waals surface area contributed by atoms with E-state index >= 15 is 0 Å². The first-order valence-electron chi connectivity index (χ1n) is 15.7. The lowest BCUT2D eigenvalue weighted by atomic mass is 9.81. The topological polar surface area (TPSA) is 39.2 Å². The molecule has 0 amide bonds. The highest BCUT2D eigenvalue weighted by atomic mass is 16.3. The fourth-order valence-electron chi connectivity index (χ4n) is 7.55. The van der Waals surface area contributed by atoms with Gasteiger partial charge in [-0.1, -0.05) is 99.3 Å². The number of allylic oxidation sites excluding steroid dienone is 5. The van der Waals surface area contributed by atoms with Gasteiger partial charge in [-0.2, -0.15) is 0 Å². The first kappa shape index (κ1) is 26.7. The first-order valence-corrected chi connectivity index (χ1v) is 15.7. The van der Waals surface area contributed by atoms with Crippen molar-refractivity contribution in [1.29, 1.82) is 0 Å². The summed E-state index contributed by atoms with van der Waals surface area (Å²) in [5.41, 5.74) is 12.7. The summed E-state index contributed by atoms with van der Waals surface area (Å²) in [5.74, 6) is 0. The van der Waals surface area contributed by atoms with Crippen LogP contribution in [0.2, 0.25) is 0 Å². The van der Waals surface area contributed by atoms with Crippen LogP contribution in [0.5, 0.6) is 0 Å². The van der Waals surface area contributed by atoms with Gasteiger partial charge in [0.2, 0.25) is 0 Å². The van der Waals surface area contributed by atoms with Crippen molar-refractivity contribution in [3.8, 4) is 11.1 Å². The molecule has 3 heteroatoms. The van der Waals surface area contributed by atoms with Crippen LogP contribution in [0.25, 0.3) is 76.9 Å². The summed E-state index contributed by atoms with van der Waals surface area (Å²) in [6.07, 6.45) is 6.28. The van der Waals surface area contributed by atoms with Gasteiger partial charge < -0.3 is 8.83 Å². The third-order valence-electron chi connectivity index (χ3n) is 9.91.